The summed E-state index contributed by atoms with van der Waals surface area (Å²) in [7, 11) is 0. The van der Waals surface area contributed by atoms with Crippen molar-refractivity contribution < 1.29 is 0 Å². The van der Waals surface area contributed by atoms with Crippen molar-refractivity contribution in [1.29, 1.82) is 0 Å². The van der Waals surface area contributed by atoms with Gasteiger partial charge in [-0.25, -0.2) is 0 Å². The Morgan fingerprint density at radius 2 is 1.08 bits per heavy atom. The Hall–Kier alpha value is -1.64. The van der Waals surface area contributed by atoms with E-state index in [1.807, 2.05) is 23.5 Å². The summed E-state index contributed by atoms with van der Waals surface area (Å²) in [6.07, 6.45) is 0. The van der Waals surface area contributed by atoms with E-state index in [9.17, 15) is 0 Å². The fraction of sp³-hybridized carbons (Fsp3) is 0.250. The standard InChI is InChI=1S/C24H26S2/c1-18-8-12-21(13-9-18)16-25-24(23-7-5-4-6-20(23)3)26-17-22-14-10-19(2)11-15-22/h4-15,24H,16-17H2,1-3H3. The fourth-order valence-corrected chi connectivity index (χ4v) is 5.55. The zero-order valence-electron chi connectivity index (χ0n) is 15.7. The summed E-state index contributed by atoms with van der Waals surface area (Å²) in [5, 5.41) is 0. The van der Waals surface area contributed by atoms with Gasteiger partial charge in [-0.3, -0.25) is 0 Å². The number of aryl methyl sites for hydroxylation is 3. The van der Waals surface area contributed by atoms with Gasteiger partial charge >= 0.3 is 0 Å². The lowest BCUT2D eigenvalue weighted by Crippen LogP contribution is -1.95. The summed E-state index contributed by atoms with van der Waals surface area (Å²) in [4.78, 5) is 0. The van der Waals surface area contributed by atoms with Crippen molar-refractivity contribution in [3.8, 4) is 0 Å². The highest BCUT2D eigenvalue weighted by atomic mass is 32.2. The largest absolute Gasteiger partial charge is 0.138 e. The van der Waals surface area contributed by atoms with Crippen molar-refractivity contribution in [2.75, 3.05) is 0 Å². The van der Waals surface area contributed by atoms with E-state index in [1.54, 1.807) is 0 Å². The zero-order valence-corrected chi connectivity index (χ0v) is 17.4. The zero-order chi connectivity index (χ0) is 18.4. The van der Waals surface area contributed by atoms with E-state index in [1.165, 1.54) is 33.4 Å². The van der Waals surface area contributed by atoms with Crippen LogP contribution in [0.25, 0.3) is 0 Å². The average Bonchev–Trinajstić information content (AvgIpc) is 2.65. The SMILES string of the molecule is Cc1ccc(CSC(SCc2ccc(C)cc2)c2ccccc2C)cc1. The molecule has 0 N–H and O–H groups in total. The Morgan fingerprint density at radius 1 is 0.615 bits per heavy atom. The van der Waals surface area contributed by atoms with Crippen molar-refractivity contribution in [3.05, 3.63) is 106 Å². The third-order valence-corrected chi connectivity index (χ3v) is 7.42. The summed E-state index contributed by atoms with van der Waals surface area (Å²) in [6.45, 7) is 6.51. The van der Waals surface area contributed by atoms with Gasteiger partial charge in [0.1, 0.15) is 0 Å². The van der Waals surface area contributed by atoms with Crippen molar-refractivity contribution >= 4 is 23.5 Å². The number of rotatable bonds is 7. The minimum absolute atomic E-state index is 0.443. The Bertz CT molecular complexity index is 770. The number of thioether (sulfide) groups is 2. The molecule has 0 aliphatic carbocycles. The van der Waals surface area contributed by atoms with Crippen LogP contribution in [-0.4, -0.2) is 0 Å². The van der Waals surface area contributed by atoms with Gasteiger partial charge in [0, 0.05) is 11.5 Å². The Labute approximate surface area is 166 Å². The van der Waals surface area contributed by atoms with Crippen LogP contribution >= 0.6 is 23.5 Å². The van der Waals surface area contributed by atoms with E-state index in [4.69, 9.17) is 0 Å². The molecule has 0 saturated carbocycles. The van der Waals surface area contributed by atoms with Crippen molar-refractivity contribution in [1.82, 2.24) is 0 Å². The molecule has 134 valence electrons. The van der Waals surface area contributed by atoms with Gasteiger partial charge in [0.15, 0.2) is 0 Å². The van der Waals surface area contributed by atoms with Crippen LogP contribution in [0.4, 0.5) is 0 Å². The Balaban J connectivity index is 1.72. The van der Waals surface area contributed by atoms with Crippen LogP contribution in [0.3, 0.4) is 0 Å². The maximum absolute atomic E-state index is 2.28. The fourth-order valence-electron chi connectivity index (χ4n) is 2.79. The van der Waals surface area contributed by atoms with E-state index in [-0.39, 0.29) is 0 Å². The van der Waals surface area contributed by atoms with Gasteiger partial charge < -0.3 is 0 Å². The first-order valence-electron chi connectivity index (χ1n) is 9.01. The summed E-state index contributed by atoms with van der Waals surface area (Å²) in [5.74, 6) is 2.08. The lowest BCUT2D eigenvalue weighted by atomic mass is 10.1. The quantitative estimate of drug-likeness (QED) is 0.391. The van der Waals surface area contributed by atoms with Crippen molar-refractivity contribution in [2.24, 2.45) is 0 Å². The highest BCUT2D eigenvalue weighted by Gasteiger charge is 2.15. The monoisotopic (exact) mass is 378 g/mol. The molecular formula is C24H26S2. The molecule has 0 radical (unpaired) electrons. The molecule has 3 aromatic rings. The first-order valence-corrected chi connectivity index (χ1v) is 11.1. The second-order valence-electron chi connectivity index (χ2n) is 6.78. The van der Waals surface area contributed by atoms with Gasteiger partial charge in [-0.05, 0) is 43.0 Å². The predicted molar refractivity (Wildman–Crippen MR) is 119 cm³/mol. The van der Waals surface area contributed by atoms with Crippen molar-refractivity contribution in [2.45, 2.75) is 36.9 Å². The van der Waals surface area contributed by atoms with Crippen LogP contribution in [0, 0.1) is 20.8 Å². The molecule has 0 aromatic heterocycles. The molecule has 3 rings (SSSR count). The highest BCUT2D eigenvalue weighted by molar-refractivity contribution is 8.15. The summed E-state index contributed by atoms with van der Waals surface area (Å²) < 4.78 is 0.443. The molecule has 0 fully saturated rings. The van der Waals surface area contributed by atoms with Crippen LogP contribution in [0.15, 0.2) is 72.8 Å². The van der Waals surface area contributed by atoms with Gasteiger partial charge in [-0.1, -0.05) is 83.9 Å². The molecule has 0 unspecified atom stereocenters. The van der Waals surface area contributed by atoms with Crippen LogP contribution in [0.2, 0.25) is 0 Å². The topological polar surface area (TPSA) is 0 Å². The maximum atomic E-state index is 2.28. The van der Waals surface area contributed by atoms with Gasteiger partial charge in [-0.2, -0.15) is 0 Å². The molecule has 0 atom stereocenters. The van der Waals surface area contributed by atoms with E-state index in [0.717, 1.165) is 11.5 Å². The molecule has 0 aliphatic heterocycles. The normalized spacial score (nSPS) is 11.1. The van der Waals surface area contributed by atoms with Gasteiger partial charge in [-0.15, -0.1) is 23.5 Å². The number of hydrogen-bond acceptors (Lipinski definition) is 2. The van der Waals surface area contributed by atoms with E-state index in [0.29, 0.717) is 4.58 Å². The third-order valence-electron chi connectivity index (χ3n) is 4.49. The van der Waals surface area contributed by atoms with E-state index >= 15 is 0 Å². The molecule has 0 aliphatic rings. The second kappa shape index (κ2) is 9.34. The second-order valence-corrected chi connectivity index (χ2v) is 9.27. The van der Waals surface area contributed by atoms with Gasteiger partial charge in [0.2, 0.25) is 0 Å². The molecule has 2 heteroatoms. The molecule has 0 spiro atoms. The maximum Gasteiger partial charge on any atom is 0.0760 e. The molecule has 0 amide bonds. The molecule has 3 aromatic carbocycles. The average molecular weight is 379 g/mol. The van der Waals surface area contributed by atoms with Crippen LogP contribution in [-0.2, 0) is 11.5 Å². The minimum Gasteiger partial charge on any atom is -0.138 e. The molecule has 26 heavy (non-hydrogen) atoms. The van der Waals surface area contributed by atoms with Gasteiger partial charge in [0.05, 0.1) is 4.58 Å². The van der Waals surface area contributed by atoms with Crippen molar-refractivity contribution in [3.63, 3.8) is 0 Å². The van der Waals surface area contributed by atoms with Gasteiger partial charge in [0.25, 0.3) is 0 Å². The first-order chi connectivity index (χ1) is 12.6. The van der Waals surface area contributed by atoms with Crippen LogP contribution in [0.1, 0.15) is 38.0 Å². The lowest BCUT2D eigenvalue weighted by Gasteiger charge is -2.19. The molecular weight excluding hydrogens is 352 g/mol. The summed E-state index contributed by atoms with van der Waals surface area (Å²) in [6, 6.07) is 26.6. The minimum atomic E-state index is 0.443. The van der Waals surface area contributed by atoms with E-state index in [2.05, 4.69) is 93.6 Å². The smallest absolute Gasteiger partial charge is 0.0760 e. The molecule has 0 saturated heterocycles. The number of benzene rings is 3. The van der Waals surface area contributed by atoms with E-state index < -0.39 is 0 Å². The first kappa shape index (κ1) is 19.1. The van der Waals surface area contributed by atoms with Crippen LogP contribution < -0.4 is 0 Å². The highest BCUT2D eigenvalue weighted by Crippen LogP contribution is 2.43. The Morgan fingerprint density at radius 3 is 1.54 bits per heavy atom. The summed E-state index contributed by atoms with van der Waals surface area (Å²) in [5.41, 5.74) is 8.27. The number of hydrogen-bond donors (Lipinski definition) is 0. The molecule has 0 nitrogen and oxygen atoms in total. The lowest BCUT2D eigenvalue weighted by molar-refractivity contribution is 1.26. The molecule has 0 heterocycles. The molecule has 0 bridgehead atoms. The summed E-state index contributed by atoms with van der Waals surface area (Å²) >= 11 is 4.07. The predicted octanol–water partition coefficient (Wildman–Crippen LogP) is 7.48. The Kier molecular flexibility index (Phi) is 6.87. The third kappa shape index (κ3) is 5.43. The van der Waals surface area contributed by atoms with Crippen LogP contribution in [0.5, 0.6) is 0 Å².